The molecule has 19 heavy (non-hydrogen) atoms. The van der Waals surface area contributed by atoms with Crippen molar-refractivity contribution >= 4 is 23.6 Å². The number of carboxylic acids is 1. The summed E-state index contributed by atoms with van der Waals surface area (Å²) in [5.74, 6) is -0.117. The van der Waals surface area contributed by atoms with Gasteiger partial charge in [0, 0.05) is 13.1 Å². The zero-order valence-electron chi connectivity index (χ0n) is 11.4. The number of carboxylic acid groups (broad SMARTS) is 1. The third kappa shape index (κ3) is 4.31. The minimum absolute atomic E-state index is 0.0485. The molecular formula is C13H19NO4S. The highest BCUT2D eigenvalue weighted by Gasteiger charge is 2.17. The van der Waals surface area contributed by atoms with Crippen LogP contribution in [-0.4, -0.2) is 40.7 Å². The maximum absolute atomic E-state index is 11.8. The van der Waals surface area contributed by atoms with Gasteiger partial charge in [-0.2, -0.15) is 0 Å². The molecule has 0 aliphatic carbocycles. The predicted molar refractivity (Wildman–Crippen MR) is 74.5 cm³/mol. The Bertz CT molecular complexity index is 440. The van der Waals surface area contributed by atoms with E-state index < -0.39 is 5.97 Å². The number of furan rings is 1. The first-order valence-corrected chi connectivity index (χ1v) is 7.26. The fourth-order valence-corrected chi connectivity index (χ4v) is 2.50. The molecule has 1 atom stereocenters. The molecule has 1 aromatic heterocycles. The number of carbonyl (C=O) groups is 2. The Kier molecular flexibility index (Phi) is 5.95. The number of carbonyl (C=O) groups excluding carboxylic acids is 1. The van der Waals surface area contributed by atoms with E-state index >= 15 is 0 Å². The lowest BCUT2D eigenvalue weighted by atomic mass is 10.3. The van der Waals surface area contributed by atoms with Crippen molar-refractivity contribution in [3.63, 3.8) is 0 Å². The van der Waals surface area contributed by atoms with E-state index in [2.05, 4.69) is 0 Å². The van der Waals surface area contributed by atoms with Crippen LogP contribution in [-0.2, 0) is 4.79 Å². The van der Waals surface area contributed by atoms with Gasteiger partial charge in [-0.1, -0.05) is 0 Å². The number of nitrogens with zero attached hydrogens (tertiary/aromatic N) is 1. The minimum Gasteiger partial charge on any atom is -0.475 e. The fraction of sp³-hybridized carbons (Fsp3) is 0.538. The van der Waals surface area contributed by atoms with E-state index in [4.69, 9.17) is 9.52 Å². The Balaban J connectivity index is 2.52. The Morgan fingerprint density at radius 3 is 2.47 bits per heavy atom. The molecule has 0 radical (unpaired) electrons. The van der Waals surface area contributed by atoms with Crippen LogP contribution < -0.4 is 0 Å². The van der Waals surface area contributed by atoms with Crippen molar-refractivity contribution in [1.29, 1.82) is 0 Å². The highest BCUT2D eigenvalue weighted by Crippen LogP contribution is 2.29. The first-order chi connectivity index (χ1) is 8.99. The smallest absolute Gasteiger partial charge is 0.371 e. The summed E-state index contributed by atoms with van der Waals surface area (Å²) in [4.78, 5) is 24.3. The third-order valence-electron chi connectivity index (χ3n) is 2.81. The average molecular weight is 285 g/mol. The van der Waals surface area contributed by atoms with Crippen LogP contribution in [0.4, 0.5) is 0 Å². The summed E-state index contributed by atoms with van der Waals surface area (Å²) in [6.07, 6.45) is 0. The number of thioether (sulfide) groups is 1. The van der Waals surface area contributed by atoms with Gasteiger partial charge in [-0.25, -0.2) is 4.79 Å². The minimum atomic E-state index is -1.08. The van der Waals surface area contributed by atoms with Crippen LogP contribution in [0.2, 0.25) is 0 Å². The van der Waals surface area contributed by atoms with Gasteiger partial charge < -0.3 is 14.4 Å². The molecule has 0 aliphatic heterocycles. The maximum atomic E-state index is 11.8. The summed E-state index contributed by atoms with van der Waals surface area (Å²) in [7, 11) is 0. The van der Waals surface area contributed by atoms with Crippen molar-refractivity contribution < 1.29 is 19.1 Å². The van der Waals surface area contributed by atoms with E-state index in [1.807, 2.05) is 20.8 Å². The molecule has 0 aromatic carbocycles. The van der Waals surface area contributed by atoms with E-state index in [1.54, 1.807) is 11.0 Å². The lowest BCUT2D eigenvalue weighted by molar-refractivity contribution is -0.127. The molecule has 6 heteroatoms. The van der Waals surface area contributed by atoms with E-state index in [0.717, 1.165) is 0 Å². The second-order valence-electron chi connectivity index (χ2n) is 4.03. The lowest BCUT2D eigenvalue weighted by Gasteiger charge is -2.19. The van der Waals surface area contributed by atoms with E-state index in [1.165, 1.54) is 17.8 Å². The van der Waals surface area contributed by atoms with Crippen molar-refractivity contribution in [2.45, 2.75) is 26.0 Å². The molecule has 5 nitrogen and oxygen atoms in total. The Labute approximate surface area is 117 Å². The normalized spacial score (nSPS) is 12.2. The molecule has 1 rings (SSSR count). The first-order valence-electron chi connectivity index (χ1n) is 6.22. The van der Waals surface area contributed by atoms with Gasteiger partial charge in [0.15, 0.2) is 0 Å². The number of aromatic carboxylic acids is 1. The van der Waals surface area contributed by atoms with Crippen molar-refractivity contribution in [1.82, 2.24) is 4.90 Å². The molecule has 1 unspecified atom stereocenters. The van der Waals surface area contributed by atoms with Crippen molar-refractivity contribution in [2.75, 3.05) is 18.8 Å². The lowest BCUT2D eigenvalue weighted by Crippen LogP contribution is -2.32. The quantitative estimate of drug-likeness (QED) is 0.834. The molecule has 1 N–H and O–H groups in total. The highest BCUT2D eigenvalue weighted by molar-refractivity contribution is 8.00. The van der Waals surface area contributed by atoms with Gasteiger partial charge in [0.2, 0.25) is 11.7 Å². The predicted octanol–water partition coefficient (Wildman–Crippen LogP) is 2.64. The second-order valence-corrected chi connectivity index (χ2v) is 5.36. The average Bonchev–Trinajstić information content (AvgIpc) is 2.87. The topological polar surface area (TPSA) is 70.8 Å². The monoisotopic (exact) mass is 285 g/mol. The number of amides is 1. The molecule has 0 bridgehead atoms. The maximum Gasteiger partial charge on any atom is 0.371 e. The van der Waals surface area contributed by atoms with Crippen LogP contribution in [0.3, 0.4) is 0 Å². The second kappa shape index (κ2) is 7.23. The highest BCUT2D eigenvalue weighted by atomic mass is 32.2. The summed E-state index contributed by atoms with van der Waals surface area (Å²) < 4.78 is 5.21. The van der Waals surface area contributed by atoms with Crippen molar-refractivity contribution in [2.24, 2.45) is 0 Å². The molecule has 0 spiro atoms. The summed E-state index contributed by atoms with van der Waals surface area (Å²) in [6, 6.07) is 3.07. The van der Waals surface area contributed by atoms with Crippen LogP contribution in [0, 0.1) is 0 Å². The number of hydrogen-bond donors (Lipinski definition) is 1. The zero-order valence-corrected chi connectivity index (χ0v) is 12.2. The molecule has 1 heterocycles. The van der Waals surface area contributed by atoms with Crippen LogP contribution >= 0.6 is 11.8 Å². The van der Waals surface area contributed by atoms with Gasteiger partial charge in [-0.3, -0.25) is 4.79 Å². The molecule has 1 aromatic rings. The molecule has 1 amide bonds. The van der Waals surface area contributed by atoms with E-state index in [9.17, 15) is 9.59 Å². The Morgan fingerprint density at radius 2 is 2.00 bits per heavy atom. The van der Waals surface area contributed by atoms with Gasteiger partial charge >= 0.3 is 5.97 Å². The third-order valence-corrected chi connectivity index (χ3v) is 3.96. The SMILES string of the molecule is CCN(CC)C(=O)CSC(C)c1ccc(C(=O)O)o1. The molecule has 106 valence electrons. The van der Waals surface area contributed by atoms with Gasteiger partial charge in [0.05, 0.1) is 11.0 Å². The van der Waals surface area contributed by atoms with E-state index in [0.29, 0.717) is 24.6 Å². The summed E-state index contributed by atoms with van der Waals surface area (Å²) in [5.41, 5.74) is 0. The summed E-state index contributed by atoms with van der Waals surface area (Å²) in [5, 5.41) is 8.72. The van der Waals surface area contributed by atoms with Crippen LogP contribution in [0.5, 0.6) is 0 Å². The van der Waals surface area contributed by atoms with Crippen LogP contribution in [0.25, 0.3) is 0 Å². The van der Waals surface area contributed by atoms with Gasteiger partial charge in [0.25, 0.3) is 0 Å². The molecule has 0 aliphatic rings. The van der Waals surface area contributed by atoms with E-state index in [-0.39, 0.29) is 16.9 Å². The standard InChI is InChI=1S/C13H19NO4S/c1-4-14(5-2)12(15)8-19-9(3)10-6-7-11(18-10)13(16)17/h6-7,9H,4-5,8H2,1-3H3,(H,16,17). The Hall–Kier alpha value is -1.43. The first kappa shape index (κ1) is 15.6. The fourth-order valence-electron chi connectivity index (χ4n) is 1.63. The molecular weight excluding hydrogens is 266 g/mol. The van der Waals surface area contributed by atoms with Gasteiger partial charge in [-0.15, -0.1) is 11.8 Å². The number of rotatable bonds is 7. The Morgan fingerprint density at radius 1 is 1.37 bits per heavy atom. The molecule has 0 saturated carbocycles. The number of hydrogen-bond acceptors (Lipinski definition) is 4. The van der Waals surface area contributed by atoms with Gasteiger partial charge in [-0.05, 0) is 32.9 Å². The van der Waals surface area contributed by atoms with Crippen LogP contribution in [0.1, 0.15) is 42.3 Å². The zero-order chi connectivity index (χ0) is 14.4. The largest absolute Gasteiger partial charge is 0.475 e. The summed E-state index contributed by atoms with van der Waals surface area (Å²) >= 11 is 1.44. The summed E-state index contributed by atoms with van der Waals surface area (Å²) in [6.45, 7) is 7.19. The van der Waals surface area contributed by atoms with Crippen molar-refractivity contribution in [3.05, 3.63) is 23.7 Å². The molecule has 0 saturated heterocycles. The molecule has 0 fully saturated rings. The van der Waals surface area contributed by atoms with Gasteiger partial charge in [0.1, 0.15) is 5.76 Å². The van der Waals surface area contributed by atoms with Crippen molar-refractivity contribution in [3.8, 4) is 0 Å². The van der Waals surface area contributed by atoms with Crippen LogP contribution in [0.15, 0.2) is 16.5 Å².